The number of likely N-dealkylation sites (N-methyl/N-ethyl adjacent to an activating group) is 1. The molecule has 2 aromatic carbocycles. The smallest absolute Gasteiger partial charge is 0.269 e. The first-order valence-corrected chi connectivity index (χ1v) is 7.89. The van der Waals surface area contributed by atoms with Crippen LogP contribution in [-0.4, -0.2) is 35.5 Å². The number of nitro benzene ring substituents is 1. The van der Waals surface area contributed by atoms with E-state index < -0.39 is 4.92 Å². The molecule has 0 amide bonds. The van der Waals surface area contributed by atoms with Gasteiger partial charge in [0.05, 0.1) is 16.8 Å². The fourth-order valence-electron chi connectivity index (χ4n) is 3.89. The highest BCUT2D eigenvalue weighted by atomic mass is 16.7. The molecule has 2 aliphatic rings. The number of quaternary nitrogens is 1. The van der Waals surface area contributed by atoms with Crippen LogP contribution in [0, 0.1) is 16.0 Å². The lowest BCUT2D eigenvalue weighted by Gasteiger charge is -2.31. The third kappa shape index (κ3) is 2.27. The third-order valence-electron chi connectivity index (χ3n) is 4.97. The van der Waals surface area contributed by atoms with E-state index in [1.807, 2.05) is 37.4 Å². The monoisotopic (exact) mass is 325 g/mol. The summed E-state index contributed by atoms with van der Waals surface area (Å²) in [7, 11) is 1.95. The molecule has 2 aliphatic heterocycles. The summed E-state index contributed by atoms with van der Waals surface area (Å²) in [5.41, 5.74) is 1.48. The summed E-state index contributed by atoms with van der Waals surface area (Å²) in [5, 5.41) is 11.1. The first-order chi connectivity index (χ1) is 11.5. The Kier molecular flexibility index (Phi) is 3.18. The number of fused-ring (bicyclic) bond motifs is 4. The Balaban J connectivity index is 1.76. The van der Waals surface area contributed by atoms with Gasteiger partial charge in [-0.3, -0.25) is 14.9 Å². The fraction of sp³-hybridized carbons (Fsp3) is 0.278. The molecule has 2 aromatic rings. The van der Waals surface area contributed by atoms with Crippen molar-refractivity contribution in [2.75, 3.05) is 20.1 Å². The Bertz CT molecular complexity index is 836. The summed E-state index contributed by atoms with van der Waals surface area (Å²) in [6.45, 7) is 1.22. The zero-order valence-electron chi connectivity index (χ0n) is 13.2. The number of hydroxylamine groups is 3. The Morgan fingerprint density at radius 2 is 1.96 bits per heavy atom. The lowest BCUT2D eigenvalue weighted by Crippen LogP contribution is -2.47. The molecule has 0 radical (unpaired) electrons. The average Bonchev–Trinajstić information content (AvgIpc) is 2.87. The van der Waals surface area contributed by atoms with Crippen molar-refractivity contribution in [1.82, 2.24) is 0 Å². The largest absolute Gasteiger partial charge is 0.315 e. The third-order valence-corrected chi connectivity index (χ3v) is 4.97. The first-order valence-electron chi connectivity index (χ1n) is 7.89. The van der Waals surface area contributed by atoms with Crippen molar-refractivity contribution >= 4 is 11.5 Å². The van der Waals surface area contributed by atoms with Gasteiger partial charge in [-0.25, -0.2) is 0 Å². The summed E-state index contributed by atoms with van der Waals surface area (Å²) in [5.74, 6) is 0.417. The molecule has 122 valence electrons. The number of hydrogen-bond acceptors (Lipinski definition) is 4. The Morgan fingerprint density at radius 3 is 2.67 bits per heavy atom. The number of nitrogens with zero attached hydrogens (tertiary/aromatic N) is 2. The van der Waals surface area contributed by atoms with Crippen LogP contribution in [0.2, 0.25) is 0 Å². The topological polar surface area (TPSA) is 69.4 Å². The Morgan fingerprint density at radius 1 is 1.21 bits per heavy atom. The van der Waals surface area contributed by atoms with Crippen molar-refractivity contribution < 1.29 is 19.2 Å². The Labute approximate surface area is 139 Å². The molecule has 0 aromatic heterocycles. The van der Waals surface area contributed by atoms with Crippen LogP contribution in [-0.2, 0) is 0 Å². The van der Waals surface area contributed by atoms with E-state index in [2.05, 4.69) is 0 Å². The summed E-state index contributed by atoms with van der Waals surface area (Å²) in [4.78, 5) is 29.7. The van der Waals surface area contributed by atoms with E-state index in [0.29, 0.717) is 29.0 Å². The van der Waals surface area contributed by atoms with Crippen molar-refractivity contribution in [2.24, 2.45) is 5.92 Å². The van der Waals surface area contributed by atoms with Gasteiger partial charge in [-0.15, -0.1) is 4.65 Å². The lowest BCUT2D eigenvalue weighted by atomic mass is 9.83. The minimum Gasteiger partial charge on any atom is -0.315 e. The van der Waals surface area contributed by atoms with Crippen LogP contribution in [0.1, 0.15) is 21.8 Å². The van der Waals surface area contributed by atoms with Crippen LogP contribution in [0.3, 0.4) is 0 Å². The molecular formula is C18H17N2O4+. The zero-order chi connectivity index (χ0) is 16.9. The number of Topliss-reactive ketones (excluding diaryl/α,β-unsaturated/α-hetero) is 1. The van der Waals surface area contributed by atoms with Gasteiger partial charge in [0, 0.05) is 23.3 Å². The van der Waals surface area contributed by atoms with Crippen LogP contribution in [0.4, 0.5) is 5.69 Å². The average molecular weight is 325 g/mol. The SMILES string of the molecule is C[N+]12CC(C(=O)c3ccccc3)C(C1)c1cc([N+](=O)[O-])ccc1O2. The van der Waals surface area contributed by atoms with Gasteiger partial charge in [0.25, 0.3) is 5.69 Å². The second-order valence-corrected chi connectivity index (χ2v) is 6.68. The maximum absolute atomic E-state index is 13.0. The molecule has 1 fully saturated rings. The van der Waals surface area contributed by atoms with Crippen molar-refractivity contribution in [3.05, 3.63) is 69.8 Å². The minimum atomic E-state index is -0.411. The number of ketones is 1. The molecule has 6 heteroatoms. The standard InChI is InChI=1S/C18H17N2O4/c1-20-10-15(14-9-13(19(22)23)7-8-17(14)24-20)16(11-20)18(21)12-5-3-2-4-6-12/h2-9,15-16H,10-11H2,1H3/q+1. The summed E-state index contributed by atoms with van der Waals surface area (Å²) in [6.07, 6.45) is 0. The van der Waals surface area contributed by atoms with Crippen molar-refractivity contribution in [3.8, 4) is 5.75 Å². The molecule has 0 N–H and O–H groups in total. The van der Waals surface area contributed by atoms with Crippen LogP contribution < -0.4 is 4.84 Å². The molecule has 3 unspecified atom stereocenters. The second kappa shape index (κ2) is 5.14. The molecule has 3 atom stereocenters. The highest BCUT2D eigenvalue weighted by molar-refractivity contribution is 5.98. The number of rotatable bonds is 3. The predicted octanol–water partition coefficient (Wildman–Crippen LogP) is 2.95. The van der Waals surface area contributed by atoms with Gasteiger partial charge in [-0.1, -0.05) is 30.3 Å². The quantitative estimate of drug-likeness (QED) is 0.376. The molecule has 6 nitrogen and oxygen atoms in total. The van der Waals surface area contributed by atoms with Crippen molar-refractivity contribution in [2.45, 2.75) is 5.92 Å². The van der Waals surface area contributed by atoms with E-state index in [0.717, 1.165) is 5.56 Å². The van der Waals surface area contributed by atoms with E-state index >= 15 is 0 Å². The molecule has 1 saturated heterocycles. The molecule has 2 bridgehead atoms. The van der Waals surface area contributed by atoms with Gasteiger partial charge < -0.3 is 4.84 Å². The number of hydrogen-bond donors (Lipinski definition) is 0. The lowest BCUT2D eigenvalue weighted by molar-refractivity contribution is -1.06. The van der Waals surface area contributed by atoms with Crippen LogP contribution in [0.15, 0.2) is 48.5 Å². The van der Waals surface area contributed by atoms with Crippen molar-refractivity contribution in [1.29, 1.82) is 0 Å². The van der Waals surface area contributed by atoms with Crippen LogP contribution in [0.25, 0.3) is 0 Å². The molecule has 2 heterocycles. The molecule has 0 spiro atoms. The van der Waals surface area contributed by atoms with Gasteiger partial charge in [-0.05, 0) is 6.07 Å². The summed E-state index contributed by atoms with van der Waals surface area (Å²) >= 11 is 0. The number of non-ortho nitro benzene ring substituents is 1. The van der Waals surface area contributed by atoms with Gasteiger partial charge in [0.15, 0.2) is 11.5 Å². The summed E-state index contributed by atoms with van der Waals surface area (Å²) < 4.78 is 0.332. The zero-order valence-corrected chi connectivity index (χ0v) is 13.2. The molecule has 0 saturated carbocycles. The molecule has 24 heavy (non-hydrogen) atoms. The van der Waals surface area contributed by atoms with E-state index in [-0.39, 0.29) is 23.3 Å². The van der Waals surface area contributed by atoms with E-state index in [4.69, 9.17) is 4.84 Å². The van der Waals surface area contributed by atoms with Gasteiger partial charge in [0.2, 0.25) is 0 Å². The minimum absolute atomic E-state index is 0.0336. The van der Waals surface area contributed by atoms with Gasteiger partial charge in [-0.2, -0.15) is 0 Å². The highest BCUT2D eigenvalue weighted by Crippen LogP contribution is 2.47. The van der Waals surface area contributed by atoms with Crippen LogP contribution >= 0.6 is 0 Å². The number of nitro groups is 1. The first kappa shape index (κ1) is 14.8. The van der Waals surface area contributed by atoms with E-state index in [9.17, 15) is 14.9 Å². The predicted molar refractivity (Wildman–Crippen MR) is 86.6 cm³/mol. The molecule has 0 aliphatic carbocycles. The fourth-order valence-corrected chi connectivity index (χ4v) is 3.89. The number of benzene rings is 2. The maximum Gasteiger partial charge on any atom is 0.269 e. The van der Waals surface area contributed by atoms with Crippen LogP contribution in [0.5, 0.6) is 5.75 Å². The Hall–Kier alpha value is -2.73. The second-order valence-electron chi connectivity index (χ2n) is 6.68. The number of carbonyl (C=O) groups is 1. The molecular weight excluding hydrogens is 308 g/mol. The van der Waals surface area contributed by atoms with E-state index in [1.54, 1.807) is 12.1 Å². The maximum atomic E-state index is 13.0. The summed E-state index contributed by atoms with van der Waals surface area (Å²) in [6, 6.07) is 13.9. The van der Waals surface area contributed by atoms with Gasteiger partial charge >= 0.3 is 0 Å². The van der Waals surface area contributed by atoms with Gasteiger partial charge in [0.1, 0.15) is 20.1 Å². The van der Waals surface area contributed by atoms with Crippen molar-refractivity contribution in [3.63, 3.8) is 0 Å². The normalized spacial score (nSPS) is 27.2. The van der Waals surface area contributed by atoms with E-state index in [1.165, 1.54) is 6.07 Å². The number of carbonyl (C=O) groups excluding carboxylic acids is 1. The highest BCUT2D eigenvalue weighted by Gasteiger charge is 2.54. The molecule has 4 rings (SSSR count).